The predicted molar refractivity (Wildman–Crippen MR) is 74.6 cm³/mol. The maximum absolute atomic E-state index is 13.2. The van der Waals surface area contributed by atoms with Crippen LogP contribution in [0.2, 0.25) is 0 Å². The normalized spacial score (nSPS) is 18.7. The van der Waals surface area contributed by atoms with Crippen LogP contribution in [0.1, 0.15) is 11.6 Å². The Bertz CT molecular complexity index is 391. The fraction of sp³-hybridized carbons (Fsp3) is 0.500. The average molecular weight is 360 g/mol. The smallest absolute Gasteiger partial charge is 0.314 e. The molecule has 1 heterocycles. The maximum atomic E-state index is 13.2. The summed E-state index contributed by atoms with van der Waals surface area (Å²) in [4.78, 5) is 1.49. The molecule has 0 radical (unpaired) electrons. The Morgan fingerprint density at radius 3 is 2.11 bits per heavy atom. The second-order valence-corrected chi connectivity index (χ2v) is 5.20. The van der Waals surface area contributed by atoms with Crippen LogP contribution in [0.25, 0.3) is 0 Å². The van der Waals surface area contributed by atoms with E-state index in [0.717, 1.165) is 4.47 Å². The minimum absolute atomic E-state index is 0. The summed E-state index contributed by atoms with van der Waals surface area (Å²) in [6.45, 7) is 2.03. The molecule has 2 rings (SSSR count). The van der Waals surface area contributed by atoms with Crippen LogP contribution >= 0.6 is 28.3 Å². The Balaban J connectivity index is 0.00000180. The van der Waals surface area contributed by atoms with Crippen molar-refractivity contribution >= 4 is 28.3 Å². The summed E-state index contributed by atoms with van der Waals surface area (Å²) in [6.07, 6.45) is -4.24. The molecular weight excluding hydrogens is 344 g/mol. The highest BCUT2D eigenvalue weighted by Gasteiger charge is 2.44. The Kier molecular flexibility index (Phi) is 6.11. The van der Waals surface area contributed by atoms with Gasteiger partial charge in [-0.2, -0.15) is 13.2 Å². The van der Waals surface area contributed by atoms with E-state index in [4.69, 9.17) is 0 Å². The minimum atomic E-state index is -4.24. The second kappa shape index (κ2) is 6.92. The van der Waals surface area contributed by atoms with E-state index in [1.54, 1.807) is 12.1 Å². The molecule has 1 fully saturated rings. The molecular formula is C12H15BrClF3N2. The van der Waals surface area contributed by atoms with Gasteiger partial charge in [0.2, 0.25) is 0 Å². The van der Waals surface area contributed by atoms with E-state index in [9.17, 15) is 13.2 Å². The lowest BCUT2D eigenvalue weighted by Crippen LogP contribution is -2.49. The van der Waals surface area contributed by atoms with Crippen molar-refractivity contribution < 1.29 is 13.2 Å². The molecule has 2 nitrogen and oxygen atoms in total. The van der Waals surface area contributed by atoms with Gasteiger partial charge >= 0.3 is 6.18 Å². The molecule has 1 atom stereocenters. The van der Waals surface area contributed by atoms with Crippen LogP contribution in [0.4, 0.5) is 13.2 Å². The third-order valence-corrected chi connectivity index (χ3v) is 3.54. The number of alkyl halides is 3. The summed E-state index contributed by atoms with van der Waals surface area (Å²) < 4.78 is 40.4. The first-order chi connectivity index (χ1) is 8.48. The van der Waals surface area contributed by atoms with Crippen molar-refractivity contribution in [3.63, 3.8) is 0 Å². The van der Waals surface area contributed by atoms with E-state index in [-0.39, 0.29) is 12.4 Å². The lowest BCUT2D eigenvalue weighted by atomic mass is 10.0. The Hall–Kier alpha value is -0.300. The highest BCUT2D eigenvalue weighted by atomic mass is 79.9. The van der Waals surface area contributed by atoms with Crippen LogP contribution in [0.3, 0.4) is 0 Å². The summed E-state index contributed by atoms with van der Waals surface area (Å²) in [5.74, 6) is 0. The second-order valence-electron chi connectivity index (χ2n) is 4.28. The molecule has 0 saturated carbocycles. The van der Waals surface area contributed by atoms with Gasteiger partial charge in [0.15, 0.2) is 0 Å². The van der Waals surface area contributed by atoms with Crippen molar-refractivity contribution in [2.45, 2.75) is 12.2 Å². The topological polar surface area (TPSA) is 15.3 Å². The molecule has 0 unspecified atom stereocenters. The molecule has 0 bridgehead atoms. The first kappa shape index (κ1) is 16.8. The van der Waals surface area contributed by atoms with Crippen LogP contribution in [-0.4, -0.2) is 37.3 Å². The van der Waals surface area contributed by atoms with Crippen molar-refractivity contribution in [2.75, 3.05) is 26.2 Å². The number of hydrogen-bond acceptors (Lipinski definition) is 2. The zero-order chi connectivity index (χ0) is 13.2. The molecule has 7 heteroatoms. The Morgan fingerprint density at radius 2 is 1.63 bits per heavy atom. The maximum Gasteiger partial charge on any atom is 0.408 e. The predicted octanol–water partition coefficient (Wildman–Crippen LogP) is 3.38. The van der Waals surface area contributed by atoms with E-state index >= 15 is 0 Å². The number of rotatable bonds is 2. The Morgan fingerprint density at radius 1 is 1.11 bits per heavy atom. The van der Waals surface area contributed by atoms with Gasteiger partial charge < -0.3 is 5.32 Å². The molecule has 1 saturated heterocycles. The highest BCUT2D eigenvalue weighted by Crippen LogP contribution is 2.38. The van der Waals surface area contributed by atoms with E-state index in [0.29, 0.717) is 31.7 Å². The van der Waals surface area contributed by atoms with Gasteiger partial charge in [0.05, 0.1) is 0 Å². The molecule has 1 aromatic carbocycles. The SMILES string of the molecule is Cl.FC(F)(F)[C@H](c1ccc(Br)cc1)N1CCNCC1. The number of nitrogens with one attached hydrogen (secondary N) is 1. The van der Waals surface area contributed by atoms with E-state index in [2.05, 4.69) is 21.2 Å². The summed E-state index contributed by atoms with van der Waals surface area (Å²) >= 11 is 3.24. The van der Waals surface area contributed by atoms with Gasteiger partial charge in [-0.05, 0) is 17.7 Å². The summed E-state index contributed by atoms with van der Waals surface area (Å²) in [5.41, 5.74) is 0.299. The lowest BCUT2D eigenvalue weighted by Gasteiger charge is -2.36. The van der Waals surface area contributed by atoms with Crippen molar-refractivity contribution in [3.05, 3.63) is 34.3 Å². The van der Waals surface area contributed by atoms with E-state index < -0.39 is 12.2 Å². The van der Waals surface area contributed by atoms with Gasteiger partial charge in [-0.15, -0.1) is 12.4 Å². The summed E-state index contributed by atoms with van der Waals surface area (Å²) in [6, 6.07) is 4.86. The van der Waals surface area contributed by atoms with Crippen LogP contribution in [0.15, 0.2) is 28.7 Å². The van der Waals surface area contributed by atoms with E-state index in [1.807, 2.05) is 0 Å². The zero-order valence-corrected chi connectivity index (χ0v) is 12.5. The highest BCUT2D eigenvalue weighted by molar-refractivity contribution is 9.10. The Labute approximate surface area is 124 Å². The average Bonchev–Trinajstić information content (AvgIpc) is 2.32. The molecule has 0 aromatic heterocycles. The van der Waals surface area contributed by atoms with Crippen molar-refractivity contribution in [1.29, 1.82) is 0 Å². The summed E-state index contributed by atoms with van der Waals surface area (Å²) in [7, 11) is 0. The van der Waals surface area contributed by atoms with Gasteiger partial charge in [-0.1, -0.05) is 28.1 Å². The standard InChI is InChI=1S/C12H14BrF3N2.ClH/c13-10-3-1-9(2-4-10)11(12(14,15)16)18-7-5-17-6-8-18;/h1-4,11,17H,5-8H2;1H/t11-;/m0./s1. The van der Waals surface area contributed by atoms with Crippen LogP contribution in [0, 0.1) is 0 Å². The quantitative estimate of drug-likeness (QED) is 0.871. The third-order valence-electron chi connectivity index (χ3n) is 3.01. The molecule has 1 aliphatic heterocycles. The van der Waals surface area contributed by atoms with Gasteiger partial charge in [0, 0.05) is 30.7 Å². The number of halogens is 5. The van der Waals surface area contributed by atoms with Crippen LogP contribution < -0.4 is 5.32 Å². The number of benzene rings is 1. The molecule has 108 valence electrons. The summed E-state index contributed by atoms with van der Waals surface area (Å²) in [5, 5.41) is 3.07. The van der Waals surface area contributed by atoms with Gasteiger partial charge in [0.1, 0.15) is 6.04 Å². The molecule has 0 aliphatic carbocycles. The van der Waals surface area contributed by atoms with Gasteiger partial charge in [-0.25, -0.2) is 0 Å². The molecule has 1 N–H and O–H groups in total. The number of nitrogens with zero attached hydrogens (tertiary/aromatic N) is 1. The van der Waals surface area contributed by atoms with Crippen LogP contribution in [-0.2, 0) is 0 Å². The third kappa shape index (κ3) is 4.34. The van der Waals surface area contributed by atoms with E-state index in [1.165, 1.54) is 17.0 Å². The van der Waals surface area contributed by atoms with Crippen molar-refractivity contribution in [2.24, 2.45) is 0 Å². The largest absolute Gasteiger partial charge is 0.408 e. The zero-order valence-electron chi connectivity index (χ0n) is 10.1. The number of piperazine rings is 1. The van der Waals surface area contributed by atoms with Gasteiger partial charge in [0.25, 0.3) is 0 Å². The fourth-order valence-electron chi connectivity index (χ4n) is 2.19. The number of hydrogen-bond donors (Lipinski definition) is 1. The van der Waals surface area contributed by atoms with Crippen molar-refractivity contribution in [3.8, 4) is 0 Å². The monoisotopic (exact) mass is 358 g/mol. The van der Waals surface area contributed by atoms with Gasteiger partial charge in [-0.3, -0.25) is 4.90 Å². The minimum Gasteiger partial charge on any atom is -0.314 e. The molecule has 1 aromatic rings. The first-order valence-electron chi connectivity index (χ1n) is 5.75. The molecule has 0 spiro atoms. The first-order valence-corrected chi connectivity index (χ1v) is 6.55. The molecule has 1 aliphatic rings. The molecule has 0 amide bonds. The lowest BCUT2D eigenvalue weighted by molar-refractivity contribution is -0.187. The fourth-order valence-corrected chi connectivity index (χ4v) is 2.46. The van der Waals surface area contributed by atoms with Crippen LogP contribution in [0.5, 0.6) is 0 Å². The molecule has 19 heavy (non-hydrogen) atoms. The van der Waals surface area contributed by atoms with Crippen molar-refractivity contribution in [1.82, 2.24) is 10.2 Å².